The minimum absolute atomic E-state index is 0.0457. The summed E-state index contributed by atoms with van der Waals surface area (Å²) in [6.45, 7) is 4.03. The fourth-order valence-corrected chi connectivity index (χ4v) is 2.69. The fourth-order valence-electron chi connectivity index (χ4n) is 2.69. The van der Waals surface area contributed by atoms with Crippen molar-refractivity contribution in [3.05, 3.63) is 70.0 Å². The van der Waals surface area contributed by atoms with Gasteiger partial charge in [-0.25, -0.2) is 9.37 Å². The molecule has 0 fully saturated rings. The van der Waals surface area contributed by atoms with Gasteiger partial charge in [0, 0.05) is 6.07 Å². The largest absolute Gasteiger partial charge is 0.491 e. The Balaban J connectivity index is 1.71. The van der Waals surface area contributed by atoms with Gasteiger partial charge in [-0.15, -0.1) is 0 Å². The third-order valence-electron chi connectivity index (χ3n) is 3.96. The van der Waals surface area contributed by atoms with Crippen molar-refractivity contribution in [1.82, 2.24) is 9.55 Å². The van der Waals surface area contributed by atoms with Crippen LogP contribution in [0.15, 0.2) is 47.5 Å². The summed E-state index contributed by atoms with van der Waals surface area (Å²) in [5.41, 5.74) is 2.09. The number of nitrogens with zero attached hydrogens (tertiary/aromatic N) is 2. The standard InChI is InChI=1S/C19H19FN2O3/c1-12-3-6-18(13(2)7-12)25-10-15(23)9-22-11-21-17-8-14(20)4-5-16(17)19(22)24/h3-8,11,15,23H,9-10H2,1-2H3. The maximum Gasteiger partial charge on any atom is 0.261 e. The lowest BCUT2D eigenvalue weighted by atomic mass is 10.1. The van der Waals surface area contributed by atoms with Crippen molar-refractivity contribution in [2.45, 2.75) is 26.5 Å². The Hall–Kier alpha value is -2.73. The first kappa shape index (κ1) is 17.1. The average molecular weight is 342 g/mol. The van der Waals surface area contributed by atoms with E-state index in [4.69, 9.17) is 4.74 Å². The van der Waals surface area contributed by atoms with Crippen molar-refractivity contribution in [2.75, 3.05) is 6.61 Å². The Morgan fingerprint density at radius 1 is 1.24 bits per heavy atom. The van der Waals surface area contributed by atoms with Gasteiger partial charge < -0.3 is 9.84 Å². The van der Waals surface area contributed by atoms with Crippen molar-refractivity contribution in [3.63, 3.8) is 0 Å². The maximum absolute atomic E-state index is 13.2. The van der Waals surface area contributed by atoms with Crippen molar-refractivity contribution in [3.8, 4) is 5.75 Å². The molecule has 3 aromatic rings. The molecule has 2 aromatic carbocycles. The second-order valence-corrected chi connectivity index (χ2v) is 6.10. The summed E-state index contributed by atoms with van der Waals surface area (Å²) >= 11 is 0. The molecule has 6 heteroatoms. The van der Waals surface area contributed by atoms with Gasteiger partial charge in [0.25, 0.3) is 5.56 Å². The Bertz CT molecular complexity index is 969. The summed E-state index contributed by atoms with van der Waals surface area (Å²) in [5, 5.41) is 10.5. The van der Waals surface area contributed by atoms with E-state index in [2.05, 4.69) is 4.98 Å². The van der Waals surface area contributed by atoms with E-state index in [0.717, 1.165) is 11.1 Å². The number of halogens is 1. The van der Waals surface area contributed by atoms with Crippen LogP contribution >= 0.6 is 0 Å². The molecule has 130 valence electrons. The zero-order chi connectivity index (χ0) is 18.0. The highest BCUT2D eigenvalue weighted by Gasteiger charge is 2.11. The van der Waals surface area contributed by atoms with Gasteiger partial charge in [0.2, 0.25) is 0 Å². The van der Waals surface area contributed by atoms with Crippen molar-refractivity contribution in [2.24, 2.45) is 0 Å². The zero-order valence-electron chi connectivity index (χ0n) is 14.1. The molecule has 0 aliphatic rings. The molecule has 25 heavy (non-hydrogen) atoms. The molecule has 0 saturated heterocycles. The van der Waals surface area contributed by atoms with E-state index in [1.165, 1.54) is 29.1 Å². The molecule has 1 aromatic heterocycles. The molecule has 0 bridgehead atoms. The molecule has 5 nitrogen and oxygen atoms in total. The van der Waals surface area contributed by atoms with E-state index in [0.29, 0.717) is 16.7 Å². The zero-order valence-corrected chi connectivity index (χ0v) is 14.1. The molecule has 0 aliphatic carbocycles. The third-order valence-corrected chi connectivity index (χ3v) is 3.96. The van der Waals surface area contributed by atoms with Crippen LogP contribution in [-0.2, 0) is 6.54 Å². The lowest BCUT2D eigenvalue weighted by Crippen LogP contribution is -2.30. The topological polar surface area (TPSA) is 64.3 Å². The molecule has 0 aliphatic heterocycles. The van der Waals surface area contributed by atoms with Crippen molar-refractivity contribution >= 4 is 10.9 Å². The number of hydrogen-bond donors (Lipinski definition) is 1. The van der Waals surface area contributed by atoms with E-state index >= 15 is 0 Å². The highest BCUT2D eigenvalue weighted by Crippen LogP contribution is 2.19. The summed E-state index contributed by atoms with van der Waals surface area (Å²) in [6, 6.07) is 9.62. The van der Waals surface area contributed by atoms with Crippen molar-refractivity contribution < 1.29 is 14.2 Å². The molecule has 0 saturated carbocycles. The van der Waals surface area contributed by atoms with E-state index in [1.54, 1.807) is 0 Å². The molecule has 1 atom stereocenters. The lowest BCUT2D eigenvalue weighted by molar-refractivity contribution is 0.0911. The number of aliphatic hydroxyl groups excluding tert-OH is 1. The quantitative estimate of drug-likeness (QED) is 0.774. The second kappa shape index (κ2) is 7.03. The van der Waals surface area contributed by atoms with Gasteiger partial charge in [0.1, 0.15) is 24.3 Å². The predicted molar refractivity (Wildman–Crippen MR) is 93.4 cm³/mol. The smallest absolute Gasteiger partial charge is 0.261 e. The van der Waals surface area contributed by atoms with Gasteiger partial charge in [0.15, 0.2) is 0 Å². The SMILES string of the molecule is Cc1ccc(OCC(O)Cn2cnc3cc(F)ccc3c2=O)c(C)c1. The van der Waals surface area contributed by atoms with Gasteiger partial charge in [-0.05, 0) is 37.6 Å². The highest BCUT2D eigenvalue weighted by atomic mass is 19.1. The van der Waals surface area contributed by atoms with Gasteiger partial charge >= 0.3 is 0 Å². The Labute approximate surface area is 144 Å². The van der Waals surface area contributed by atoms with E-state index in [-0.39, 0.29) is 18.7 Å². The van der Waals surface area contributed by atoms with Crippen LogP contribution in [0.25, 0.3) is 10.9 Å². The number of aromatic nitrogens is 2. The van der Waals surface area contributed by atoms with Gasteiger partial charge in [-0.1, -0.05) is 17.7 Å². The summed E-state index contributed by atoms with van der Waals surface area (Å²) in [6.07, 6.45) is 0.433. The van der Waals surface area contributed by atoms with Gasteiger partial charge in [-0.3, -0.25) is 9.36 Å². The van der Waals surface area contributed by atoms with Crippen LogP contribution in [0.4, 0.5) is 4.39 Å². The van der Waals surface area contributed by atoms with Gasteiger partial charge in [0.05, 0.1) is 23.8 Å². The van der Waals surface area contributed by atoms with Crippen molar-refractivity contribution in [1.29, 1.82) is 0 Å². The third kappa shape index (κ3) is 3.85. The summed E-state index contributed by atoms with van der Waals surface area (Å²) in [7, 11) is 0. The molecular formula is C19H19FN2O3. The molecule has 3 rings (SSSR count). The van der Waals surface area contributed by atoms with Crippen LogP contribution in [0.5, 0.6) is 5.75 Å². The number of rotatable bonds is 5. The summed E-state index contributed by atoms with van der Waals surface area (Å²) in [4.78, 5) is 16.5. The first-order chi connectivity index (χ1) is 11.9. The maximum atomic E-state index is 13.2. The first-order valence-electron chi connectivity index (χ1n) is 7.97. The Morgan fingerprint density at radius 3 is 2.80 bits per heavy atom. The monoisotopic (exact) mass is 342 g/mol. The number of aliphatic hydroxyl groups is 1. The number of ether oxygens (including phenoxy) is 1. The van der Waals surface area contributed by atoms with Crippen LogP contribution in [0.1, 0.15) is 11.1 Å². The fraction of sp³-hybridized carbons (Fsp3) is 0.263. The first-order valence-corrected chi connectivity index (χ1v) is 7.97. The molecule has 0 spiro atoms. The minimum atomic E-state index is -0.877. The molecular weight excluding hydrogens is 323 g/mol. The minimum Gasteiger partial charge on any atom is -0.491 e. The van der Waals surface area contributed by atoms with Crippen LogP contribution in [0.2, 0.25) is 0 Å². The summed E-state index contributed by atoms with van der Waals surface area (Å²) in [5.74, 6) is 0.253. The van der Waals surface area contributed by atoms with Crippen LogP contribution < -0.4 is 10.3 Å². The van der Waals surface area contributed by atoms with E-state index < -0.39 is 11.9 Å². The number of fused-ring (bicyclic) bond motifs is 1. The van der Waals surface area contributed by atoms with Crippen LogP contribution in [0.3, 0.4) is 0 Å². The molecule has 0 amide bonds. The van der Waals surface area contributed by atoms with Gasteiger partial charge in [-0.2, -0.15) is 0 Å². The van der Waals surface area contributed by atoms with Crippen LogP contribution in [-0.4, -0.2) is 27.4 Å². The Morgan fingerprint density at radius 2 is 2.04 bits per heavy atom. The number of aryl methyl sites for hydroxylation is 2. The normalized spacial score (nSPS) is 12.3. The van der Waals surface area contributed by atoms with E-state index in [1.807, 2.05) is 32.0 Å². The number of benzene rings is 2. The molecule has 1 N–H and O–H groups in total. The molecule has 1 unspecified atom stereocenters. The average Bonchev–Trinajstić information content (AvgIpc) is 2.56. The predicted octanol–water partition coefficient (Wildman–Crippen LogP) is 2.59. The second-order valence-electron chi connectivity index (χ2n) is 6.10. The summed E-state index contributed by atoms with van der Waals surface area (Å²) < 4.78 is 20.1. The lowest BCUT2D eigenvalue weighted by Gasteiger charge is -2.15. The van der Waals surface area contributed by atoms with Crippen LogP contribution in [0, 0.1) is 19.7 Å². The highest BCUT2D eigenvalue weighted by molar-refractivity contribution is 5.77. The molecule has 0 radical (unpaired) electrons. The molecule has 1 heterocycles. The Kier molecular flexibility index (Phi) is 4.81. The van der Waals surface area contributed by atoms with E-state index in [9.17, 15) is 14.3 Å². The number of hydrogen-bond acceptors (Lipinski definition) is 4.